The normalized spacial score (nSPS) is 10.8. The van der Waals surface area contributed by atoms with E-state index in [1.54, 1.807) is 0 Å². The van der Waals surface area contributed by atoms with E-state index in [1.807, 2.05) is 38.4 Å². The Kier molecular flexibility index (Phi) is 2.52. The van der Waals surface area contributed by atoms with Gasteiger partial charge in [0, 0.05) is 30.9 Å². The van der Waals surface area contributed by atoms with Gasteiger partial charge in [-0.15, -0.1) is 0 Å². The highest BCUT2D eigenvalue weighted by atomic mass is 16.3. The van der Waals surface area contributed by atoms with Crippen molar-refractivity contribution in [1.29, 1.82) is 0 Å². The van der Waals surface area contributed by atoms with Gasteiger partial charge in [-0.3, -0.25) is 0 Å². The zero-order chi connectivity index (χ0) is 12.5. The molecule has 0 unspecified atom stereocenters. The molecule has 90 valence electrons. The van der Waals surface area contributed by atoms with Gasteiger partial charge < -0.3 is 9.32 Å². The first-order valence-electron chi connectivity index (χ1n) is 5.86. The molecule has 0 atom stereocenters. The van der Waals surface area contributed by atoms with Crippen LogP contribution >= 0.6 is 0 Å². The first kappa shape index (κ1) is 10.8. The van der Waals surface area contributed by atoms with Gasteiger partial charge in [-0.2, -0.15) is 0 Å². The molecule has 0 radical (unpaired) electrons. The van der Waals surface area contributed by atoms with Crippen LogP contribution in [0.4, 0.5) is 5.69 Å². The molecule has 1 heterocycles. The molecular weight excluding hydrogens is 224 g/mol. The van der Waals surface area contributed by atoms with Gasteiger partial charge in [-0.05, 0) is 12.1 Å². The van der Waals surface area contributed by atoms with E-state index in [4.69, 9.17) is 4.42 Å². The number of oxazole rings is 1. The van der Waals surface area contributed by atoms with E-state index in [1.165, 1.54) is 17.6 Å². The lowest BCUT2D eigenvalue weighted by atomic mass is 10.0. The summed E-state index contributed by atoms with van der Waals surface area (Å²) in [4.78, 5) is 6.42. The summed E-state index contributed by atoms with van der Waals surface area (Å²) in [6.07, 6.45) is 1.49. The van der Waals surface area contributed by atoms with E-state index in [-0.39, 0.29) is 0 Å². The number of para-hydroxylation sites is 2. The fourth-order valence-electron chi connectivity index (χ4n) is 2.20. The topological polar surface area (TPSA) is 29.3 Å². The Balaban J connectivity index is 2.29. The number of anilines is 1. The van der Waals surface area contributed by atoms with Crippen LogP contribution in [0, 0.1) is 0 Å². The predicted octanol–water partition coefficient (Wildman–Crippen LogP) is 3.56. The molecule has 0 spiro atoms. The van der Waals surface area contributed by atoms with Crippen molar-refractivity contribution >= 4 is 16.8 Å². The quantitative estimate of drug-likeness (QED) is 0.683. The number of nitrogens with zero attached hydrogens (tertiary/aromatic N) is 2. The summed E-state index contributed by atoms with van der Waals surface area (Å²) < 4.78 is 5.36. The van der Waals surface area contributed by atoms with Crippen molar-refractivity contribution in [1.82, 2.24) is 4.98 Å². The standard InChI is InChI=1S/C15H14N2O/c1-17(2)13-8-4-3-6-11(13)12-7-5-9-14-15(12)16-10-18-14/h3-10H,1-2H3. The van der Waals surface area contributed by atoms with Gasteiger partial charge in [-0.25, -0.2) is 4.98 Å². The second kappa shape index (κ2) is 4.18. The highest BCUT2D eigenvalue weighted by Crippen LogP contribution is 2.33. The monoisotopic (exact) mass is 238 g/mol. The Morgan fingerprint density at radius 3 is 2.56 bits per heavy atom. The van der Waals surface area contributed by atoms with Crippen molar-refractivity contribution in [3.8, 4) is 11.1 Å². The lowest BCUT2D eigenvalue weighted by molar-refractivity contribution is 0.602. The number of fused-ring (bicyclic) bond motifs is 1. The zero-order valence-electron chi connectivity index (χ0n) is 10.4. The molecule has 0 aliphatic rings. The maximum Gasteiger partial charge on any atom is 0.182 e. The maximum absolute atomic E-state index is 5.36. The molecule has 0 bridgehead atoms. The van der Waals surface area contributed by atoms with Crippen molar-refractivity contribution in [2.45, 2.75) is 0 Å². The summed E-state index contributed by atoms with van der Waals surface area (Å²) in [6.45, 7) is 0. The van der Waals surface area contributed by atoms with Crippen LogP contribution in [0.2, 0.25) is 0 Å². The van der Waals surface area contributed by atoms with Crippen LogP contribution < -0.4 is 4.90 Å². The molecule has 0 aliphatic heterocycles. The molecule has 0 N–H and O–H groups in total. The highest BCUT2D eigenvalue weighted by molar-refractivity contribution is 5.94. The van der Waals surface area contributed by atoms with Crippen molar-refractivity contribution in [2.75, 3.05) is 19.0 Å². The third kappa shape index (κ3) is 1.64. The number of rotatable bonds is 2. The fraction of sp³-hybridized carbons (Fsp3) is 0.133. The Labute approximate surface area is 106 Å². The van der Waals surface area contributed by atoms with E-state index in [9.17, 15) is 0 Å². The molecule has 3 rings (SSSR count). The van der Waals surface area contributed by atoms with Gasteiger partial charge in [0.05, 0.1) is 0 Å². The van der Waals surface area contributed by atoms with Crippen LogP contribution in [0.25, 0.3) is 22.2 Å². The molecule has 0 fully saturated rings. The zero-order valence-corrected chi connectivity index (χ0v) is 10.4. The Morgan fingerprint density at radius 1 is 0.944 bits per heavy atom. The summed E-state index contributed by atoms with van der Waals surface area (Å²) in [7, 11) is 4.09. The van der Waals surface area contributed by atoms with Gasteiger partial charge >= 0.3 is 0 Å². The summed E-state index contributed by atoms with van der Waals surface area (Å²) >= 11 is 0. The van der Waals surface area contributed by atoms with E-state index in [0.29, 0.717) is 0 Å². The summed E-state index contributed by atoms with van der Waals surface area (Å²) in [6, 6.07) is 14.3. The molecule has 0 saturated carbocycles. The molecule has 3 aromatic rings. The Morgan fingerprint density at radius 2 is 1.72 bits per heavy atom. The van der Waals surface area contributed by atoms with Crippen LogP contribution in [0.1, 0.15) is 0 Å². The van der Waals surface area contributed by atoms with Gasteiger partial charge in [0.2, 0.25) is 0 Å². The van der Waals surface area contributed by atoms with Crippen molar-refractivity contribution in [3.05, 3.63) is 48.9 Å². The smallest absolute Gasteiger partial charge is 0.182 e. The molecule has 0 saturated heterocycles. The number of hydrogen-bond donors (Lipinski definition) is 0. The SMILES string of the molecule is CN(C)c1ccccc1-c1cccc2ocnc12. The van der Waals surface area contributed by atoms with Crippen molar-refractivity contribution in [3.63, 3.8) is 0 Å². The number of benzene rings is 2. The maximum atomic E-state index is 5.36. The molecule has 0 aliphatic carbocycles. The third-order valence-electron chi connectivity index (χ3n) is 3.04. The van der Waals surface area contributed by atoms with Crippen LogP contribution in [0.5, 0.6) is 0 Å². The number of hydrogen-bond acceptors (Lipinski definition) is 3. The van der Waals surface area contributed by atoms with Gasteiger partial charge in [0.15, 0.2) is 12.0 Å². The average molecular weight is 238 g/mol. The third-order valence-corrected chi connectivity index (χ3v) is 3.04. The molecule has 0 amide bonds. The molecule has 3 heteroatoms. The van der Waals surface area contributed by atoms with E-state index in [2.05, 4.69) is 28.1 Å². The average Bonchev–Trinajstić information content (AvgIpc) is 2.86. The number of aromatic nitrogens is 1. The largest absolute Gasteiger partial charge is 0.443 e. The second-order valence-corrected chi connectivity index (χ2v) is 4.42. The van der Waals surface area contributed by atoms with E-state index >= 15 is 0 Å². The first-order chi connectivity index (χ1) is 8.77. The molecule has 3 nitrogen and oxygen atoms in total. The van der Waals surface area contributed by atoms with Gasteiger partial charge in [-0.1, -0.05) is 30.3 Å². The van der Waals surface area contributed by atoms with Crippen molar-refractivity contribution < 1.29 is 4.42 Å². The van der Waals surface area contributed by atoms with Crippen LogP contribution in [0.3, 0.4) is 0 Å². The molecular formula is C15H14N2O. The summed E-state index contributed by atoms with van der Waals surface area (Å²) in [5.41, 5.74) is 5.17. The lowest BCUT2D eigenvalue weighted by Crippen LogP contribution is -2.09. The first-order valence-corrected chi connectivity index (χ1v) is 5.86. The summed E-state index contributed by atoms with van der Waals surface area (Å²) in [5.74, 6) is 0. The molecule has 2 aromatic carbocycles. The molecule has 18 heavy (non-hydrogen) atoms. The minimum absolute atomic E-state index is 0.820. The lowest BCUT2D eigenvalue weighted by Gasteiger charge is -2.17. The van der Waals surface area contributed by atoms with E-state index < -0.39 is 0 Å². The van der Waals surface area contributed by atoms with Gasteiger partial charge in [0.25, 0.3) is 0 Å². The minimum atomic E-state index is 0.820. The highest BCUT2D eigenvalue weighted by Gasteiger charge is 2.11. The van der Waals surface area contributed by atoms with Gasteiger partial charge in [0.1, 0.15) is 5.52 Å². The van der Waals surface area contributed by atoms with Crippen LogP contribution in [-0.4, -0.2) is 19.1 Å². The predicted molar refractivity (Wildman–Crippen MR) is 73.8 cm³/mol. The van der Waals surface area contributed by atoms with Crippen LogP contribution in [0.15, 0.2) is 53.3 Å². The molecule has 1 aromatic heterocycles. The Bertz CT molecular complexity index is 686. The summed E-state index contributed by atoms with van der Waals surface area (Å²) in [5, 5.41) is 0. The fourth-order valence-corrected chi connectivity index (χ4v) is 2.20. The van der Waals surface area contributed by atoms with Crippen molar-refractivity contribution in [2.24, 2.45) is 0 Å². The van der Waals surface area contributed by atoms with Crippen LogP contribution in [-0.2, 0) is 0 Å². The minimum Gasteiger partial charge on any atom is -0.443 e. The Hall–Kier alpha value is -2.29. The second-order valence-electron chi connectivity index (χ2n) is 4.42. The van der Waals surface area contributed by atoms with E-state index in [0.717, 1.165) is 16.7 Å².